The molecule has 0 radical (unpaired) electrons. The standard InChI is InChI=1S/C31H33F3N4O2/c1-37-10-8-20(9-11-37)23-7-6-19(14-24(23)32)15-28-35-18-26(34)29(36-28)22-16-25(33)30-27(17-22)38(12-13-40-30)31(39)21-4-2-3-5-21/h6-7,14,16-18,20-21H,2-5,8-13,15H2,1H3. The molecule has 2 fully saturated rings. The molecule has 1 aliphatic carbocycles. The van der Waals surface area contributed by atoms with Crippen molar-refractivity contribution in [2.45, 2.75) is 50.9 Å². The summed E-state index contributed by atoms with van der Waals surface area (Å²) < 4.78 is 50.8. The van der Waals surface area contributed by atoms with E-state index in [0.717, 1.165) is 63.4 Å². The lowest BCUT2D eigenvalue weighted by Gasteiger charge is -2.32. The summed E-state index contributed by atoms with van der Waals surface area (Å²) in [6.07, 6.45) is 6.72. The number of hydrogen-bond donors (Lipinski definition) is 0. The van der Waals surface area contributed by atoms with E-state index in [4.69, 9.17) is 4.74 Å². The number of halogens is 3. The van der Waals surface area contributed by atoms with Gasteiger partial charge in [0.2, 0.25) is 5.91 Å². The summed E-state index contributed by atoms with van der Waals surface area (Å²) in [7, 11) is 2.07. The van der Waals surface area contributed by atoms with E-state index in [1.54, 1.807) is 11.0 Å². The van der Waals surface area contributed by atoms with Crippen LogP contribution in [0.3, 0.4) is 0 Å². The third kappa shape index (κ3) is 5.31. The summed E-state index contributed by atoms with van der Waals surface area (Å²) in [6, 6.07) is 7.94. The average molecular weight is 551 g/mol. The smallest absolute Gasteiger partial charge is 0.230 e. The molecule has 1 saturated heterocycles. The van der Waals surface area contributed by atoms with Crippen LogP contribution in [0.15, 0.2) is 36.5 Å². The third-order valence-corrected chi connectivity index (χ3v) is 8.50. The van der Waals surface area contributed by atoms with Gasteiger partial charge in [-0.25, -0.2) is 23.1 Å². The van der Waals surface area contributed by atoms with Crippen LogP contribution in [0.1, 0.15) is 61.4 Å². The Morgan fingerprint density at radius 2 is 1.75 bits per heavy atom. The van der Waals surface area contributed by atoms with Gasteiger partial charge in [-0.2, -0.15) is 0 Å². The number of hydrogen-bond acceptors (Lipinski definition) is 5. The number of carbonyl (C=O) groups excluding carboxylic acids is 1. The van der Waals surface area contributed by atoms with Crippen molar-refractivity contribution < 1.29 is 22.7 Å². The first-order valence-electron chi connectivity index (χ1n) is 14.1. The van der Waals surface area contributed by atoms with Crippen LogP contribution in [0.2, 0.25) is 0 Å². The number of aromatic nitrogens is 2. The number of anilines is 1. The molecule has 2 aromatic carbocycles. The first-order chi connectivity index (χ1) is 19.4. The lowest BCUT2D eigenvalue weighted by Crippen LogP contribution is -2.41. The minimum absolute atomic E-state index is 0.00351. The van der Waals surface area contributed by atoms with Gasteiger partial charge in [-0.1, -0.05) is 25.0 Å². The maximum absolute atomic E-state index is 15.2. The van der Waals surface area contributed by atoms with Crippen LogP contribution in [-0.2, 0) is 11.2 Å². The number of carbonyl (C=O) groups is 1. The minimum Gasteiger partial charge on any atom is -0.486 e. The van der Waals surface area contributed by atoms with Crippen molar-refractivity contribution in [3.63, 3.8) is 0 Å². The zero-order valence-electron chi connectivity index (χ0n) is 22.6. The van der Waals surface area contributed by atoms with E-state index in [-0.39, 0.29) is 59.4 Å². The molecule has 1 saturated carbocycles. The van der Waals surface area contributed by atoms with Gasteiger partial charge in [0.25, 0.3) is 0 Å². The van der Waals surface area contributed by atoms with Crippen molar-refractivity contribution in [3.8, 4) is 17.0 Å². The maximum atomic E-state index is 15.2. The van der Waals surface area contributed by atoms with Gasteiger partial charge in [0.05, 0.1) is 18.4 Å². The Hall–Kier alpha value is -3.46. The quantitative estimate of drug-likeness (QED) is 0.397. The molecule has 40 heavy (non-hydrogen) atoms. The monoisotopic (exact) mass is 550 g/mol. The molecule has 0 unspecified atom stereocenters. The van der Waals surface area contributed by atoms with E-state index in [2.05, 4.69) is 21.9 Å². The second-order valence-electron chi connectivity index (χ2n) is 11.2. The predicted molar refractivity (Wildman–Crippen MR) is 146 cm³/mol. The summed E-state index contributed by atoms with van der Waals surface area (Å²) in [4.78, 5) is 25.6. The fraction of sp³-hybridized carbons (Fsp3) is 0.452. The van der Waals surface area contributed by atoms with E-state index >= 15 is 8.78 Å². The third-order valence-electron chi connectivity index (χ3n) is 8.50. The number of benzene rings is 2. The molecule has 1 aromatic heterocycles. The molecule has 210 valence electrons. The van der Waals surface area contributed by atoms with E-state index in [1.807, 2.05) is 12.1 Å². The summed E-state index contributed by atoms with van der Waals surface area (Å²) in [6.45, 7) is 2.39. The van der Waals surface area contributed by atoms with Gasteiger partial charge in [0.1, 0.15) is 23.9 Å². The van der Waals surface area contributed by atoms with Gasteiger partial charge < -0.3 is 14.5 Å². The summed E-state index contributed by atoms with van der Waals surface area (Å²) in [5.74, 6) is -1.30. The Labute approximate surface area is 232 Å². The van der Waals surface area contributed by atoms with Crippen molar-refractivity contribution in [1.29, 1.82) is 0 Å². The van der Waals surface area contributed by atoms with Crippen molar-refractivity contribution in [3.05, 3.63) is 70.9 Å². The number of amides is 1. The highest BCUT2D eigenvalue weighted by Crippen LogP contribution is 2.40. The number of nitrogens with zero attached hydrogens (tertiary/aromatic N) is 4. The van der Waals surface area contributed by atoms with Gasteiger partial charge in [0.15, 0.2) is 17.4 Å². The average Bonchev–Trinajstić information content (AvgIpc) is 3.49. The molecular formula is C31H33F3N4O2. The fourth-order valence-corrected chi connectivity index (χ4v) is 6.25. The summed E-state index contributed by atoms with van der Waals surface area (Å²) >= 11 is 0. The molecule has 9 heteroatoms. The largest absolute Gasteiger partial charge is 0.486 e. The number of piperidine rings is 1. The molecule has 3 heterocycles. The Bertz CT molecular complexity index is 1420. The van der Waals surface area contributed by atoms with Crippen LogP contribution in [0.25, 0.3) is 11.3 Å². The van der Waals surface area contributed by atoms with Gasteiger partial charge in [-0.3, -0.25) is 4.79 Å². The van der Waals surface area contributed by atoms with Gasteiger partial charge in [-0.15, -0.1) is 0 Å². The van der Waals surface area contributed by atoms with Crippen LogP contribution in [-0.4, -0.2) is 54.1 Å². The Balaban J connectivity index is 1.27. The lowest BCUT2D eigenvalue weighted by atomic mass is 9.88. The second-order valence-corrected chi connectivity index (χ2v) is 11.2. The molecule has 0 spiro atoms. The van der Waals surface area contributed by atoms with Gasteiger partial charge in [0, 0.05) is 17.9 Å². The first-order valence-corrected chi connectivity index (χ1v) is 14.1. The highest BCUT2D eigenvalue weighted by Gasteiger charge is 2.33. The molecule has 2 aliphatic heterocycles. The molecule has 1 amide bonds. The lowest BCUT2D eigenvalue weighted by molar-refractivity contribution is -0.122. The molecule has 0 N–H and O–H groups in total. The number of fused-ring (bicyclic) bond motifs is 1. The van der Waals surface area contributed by atoms with Crippen LogP contribution in [0.5, 0.6) is 5.75 Å². The Morgan fingerprint density at radius 3 is 2.50 bits per heavy atom. The van der Waals surface area contributed by atoms with Gasteiger partial charge >= 0.3 is 0 Å². The van der Waals surface area contributed by atoms with Crippen molar-refractivity contribution in [2.24, 2.45) is 5.92 Å². The Kier molecular flexibility index (Phi) is 7.49. The van der Waals surface area contributed by atoms with E-state index in [9.17, 15) is 9.18 Å². The second kappa shape index (κ2) is 11.2. The molecular weight excluding hydrogens is 517 g/mol. The summed E-state index contributed by atoms with van der Waals surface area (Å²) in [5, 5.41) is 0. The highest BCUT2D eigenvalue weighted by atomic mass is 19.1. The van der Waals surface area contributed by atoms with E-state index in [0.29, 0.717) is 17.8 Å². The number of ether oxygens (including phenoxy) is 1. The maximum Gasteiger partial charge on any atom is 0.230 e. The topological polar surface area (TPSA) is 58.6 Å². The first kappa shape index (κ1) is 26.7. The predicted octanol–water partition coefficient (Wildman–Crippen LogP) is 5.88. The minimum atomic E-state index is -0.711. The number of rotatable bonds is 5. The van der Waals surface area contributed by atoms with E-state index in [1.165, 1.54) is 12.1 Å². The highest BCUT2D eigenvalue weighted by molar-refractivity contribution is 5.97. The van der Waals surface area contributed by atoms with Crippen LogP contribution in [0, 0.1) is 23.4 Å². The Morgan fingerprint density at radius 1 is 0.975 bits per heavy atom. The van der Waals surface area contributed by atoms with Crippen LogP contribution >= 0.6 is 0 Å². The molecule has 0 atom stereocenters. The number of likely N-dealkylation sites (tertiary alicyclic amines) is 1. The zero-order valence-corrected chi connectivity index (χ0v) is 22.6. The van der Waals surface area contributed by atoms with Crippen molar-refractivity contribution in [2.75, 3.05) is 38.2 Å². The van der Waals surface area contributed by atoms with Crippen LogP contribution in [0.4, 0.5) is 18.9 Å². The molecule has 0 bridgehead atoms. The van der Waals surface area contributed by atoms with Crippen molar-refractivity contribution >= 4 is 11.6 Å². The van der Waals surface area contributed by atoms with Crippen molar-refractivity contribution in [1.82, 2.24) is 14.9 Å². The normalized spacial score (nSPS) is 18.6. The van der Waals surface area contributed by atoms with Crippen LogP contribution < -0.4 is 9.64 Å². The SMILES string of the molecule is CN1CCC(c2ccc(Cc3ncc(F)c(-c4cc(F)c5c(c4)N(C(=O)C4CCCC4)CCO5)n3)cc2F)CC1. The summed E-state index contributed by atoms with van der Waals surface area (Å²) in [5.41, 5.74) is 1.81. The zero-order chi connectivity index (χ0) is 27.8. The van der Waals surface area contributed by atoms with Gasteiger partial charge in [-0.05, 0) is 81.1 Å². The molecule has 6 rings (SSSR count). The molecule has 3 aromatic rings. The molecule has 3 aliphatic rings. The fourth-order valence-electron chi connectivity index (χ4n) is 6.25. The van der Waals surface area contributed by atoms with E-state index < -0.39 is 11.6 Å². The molecule has 6 nitrogen and oxygen atoms in total.